The van der Waals surface area contributed by atoms with Crippen molar-refractivity contribution in [1.82, 2.24) is 10.2 Å². The van der Waals surface area contributed by atoms with Crippen LogP contribution in [0.5, 0.6) is 0 Å². The predicted octanol–water partition coefficient (Wildman–Crippen LogP) is 1.15. The molecule has 0 unspecified atom stereocenters. The van der Waals surface area contributed by atoms with Crippen LogP contribution in [0, 0.1) is 0 Å². The van der Waals surface area contributed by atoms with Crippen molar-refractivity contribution in [2.75, 3.05) is 37.9 Å². The maximum Gasteiger partial charge on any atom is 0.194 e. The van der Waals surface area contributed by atoms with Crippen LogP contribution in [-0.2, 0) is 0 Å². The lowest BCUT2D eigenvalue weighted by Gasteiger charge is -2.21. The lowest BCUT2D eigenvalue weighted by Crippen LogP contribution is -2.41. The number of halogens is 3. The van der Waals surface area contributed by atoms with E-state index in [-0.39, 0.29) is 12.4 Å². The summed E-state index contributed by atoms with van der Waals surface area (Å²) in [6.45, 7) is 3.40. The molecule has 0 fully saturated rings. The van der Waals surface area contributed by atoms with Gasteiger partial charge in [-0.25, -0.2) is 0 Å². The second-order valence-corrected chi connectivity index (χ2v) is 3.25. The van der Waals surface area contributed by atoms with Crippen LogP contribution in [0.3, 0.4) is 0 Å². The fourth-order valence-corrected chi connectivity index (χ4v) is 1.53. The van der Waals surface area contributed by atoms with Crippen molar-refractivity contribution < 1.29 is 0 Å². The molecule has 0 aromatic carbocycles. The molecule has 1 N–H and O–H groups in total. The summed E-state index contributed by atoms with van der Waals surface area (Å²) in [5, 5.41) is 3.18. The quantitative estimate of drug-likeness (QED) is 0.754. The first-order chi connectivity index (χ1) is 5.88. The minimum Gasteiger partial charge on any atom is -0.354 e. The molecule has 1 aliphatic rings. The number of hydrogen-bond acceptors (Lipinski definition) is 3. The normalized spacial score (nSPS) is 14.5. The van der Waals surface area contributed by atoms with E-state index >= 15 is 0 Å². The number of nitrogens with one attached hydrogen (secondary N) is 1. The fourth-order valence-electron chi connectivity index (χ4n) is 1.12. The Balaban J connectivity index is 0.00000144. The smallest absolute Gasteiger partial charge is 0.194 e. The van der Waals surface area contributed by atoms with Gasteiger partial charge >= 0.3 is 0 Å². The van der Waals surface area contributed by atoms with E-state index in [0.29, 0.717) is 11.8 Å². The third-order valence-electron chi connectivity index (χ3n) is 1.66. The van der Waals surface area contributed by atoms with Gasteiger partial charge in [0, 0.05) is 31.4 Å². The first-order valence-electron chi connectivity index (χ1n) is 4.03. The summed E-state index contributed by atoms with van der Waals surface area (Å²) in [7, 11) is 0. The molecule has 3 nitrogen and oxygen atoms in total. The van der Waals surface area contributed by atoms with Crippen LogP contribution in [0.4, 0.5) is 0 Å². The van der Waals surface area contributed by atoms with Crippen LogP contribution in [-0.4, -0.2) is 48.8 Å². The molecule has 6 heteroatoms. The monoisotopic (exact) mass is 245 g/mol. The molecule has 0 atom stereocenters. The first kappa shape index (κ1) is 13.1. The van der Waals surface area contributed by atoms with Crippen LogP contribution in [0.1, 0.15) is 0 Å². The lowest BCUT2D eigenvalue weighted by molar-refractivity contribution is 0.458. The van der Waals surface area contributed by atoms with E-state index in [1.807, 2.05) is 0 Å². The van der Waals surface area contributed by atoms with Gasteiger partial charge in [-0.05, 0) is 0 Å². The van der Waals surface area contributed by atoms with Crippen LogP contribution < -0.4 is 5.32 Å². The number of alkyl halides is 2. The molecular formula is C7H14Cl3N3. The highest BCUT2D eigenvalue weighted by atomic mass is 35.5. The predicted molar refractivity (Wildman–Crippen MR) is 60.6 cm³/mol. The molecule has 0 aromatic heterocycles. The maximum atomic E-state index is 5.64. The van der Waals surface area contributed by atoms with E-state index in [4.69, 9.17) is 23.2 Å². The average Bonchev–Trinajstić information content (AvgIpc) is 2.56. The van der Waals surface area contributed by atoms with E-state index in [1.54, 1.807) is 0 Å². The molecule has 78 valence electrons. The van der Waals surface area contributed by atoms with Gasteiger partial charge in [0.2, 0.25) is 0 Å². The average molecular weight is 247 g/mol. The van der Waals surface area contributed by atoms with Crippen molar-refractivity contribution in [3.63, 3.8) is 0 Å². The number of hydrogen-bond donors (Lipinski definition) is 1. The van der Waals surface area contributed by atoms with Gasteiger partial charge in [0.1, 0.15) is 0 Å². The third-order valence-corrected chi connectivity index (χ3v) is 2.00. The van der Waals surface area contributed by atoms with Crippen LogP contribution >= 0.6 is 35.6 Å². The van der Waals surface area contributed by atoms with Crippen LogP contribution in [0.25, 0.3) is 0 Å². The molecule has 0 saturated heterocycles. The second-order valence-electron chi connectivity index (χ2n) is 2.50. The fraction of sp³-hybridized carbons (Fsp3) is 0.857. The Morgan fingerprint density at radius 1 is 1.31 bits per heavy atom. The van der Waals surface area contributed by atoms with Gasteiger partial charge in [-0.2, -0.15) is 0 Å². The van der Waals surface area contributed by atoms with Crippen molar-refractivity contribution in [2.24, 2.45) is 4.99 Å². The Bertz CT molecular complexity index is 157. The highest BCUT2D eigenvalue weighted by molar-refractivity contribution is 6.18. The van der Waals surface area contributed by atoms with E-state index in [9.17, 15) is 0 Å². The van der Waals surface area contributed by atoms with Gasteiger partial charge in [-0.1, -0.05) is 0 Å². The zero-order chi connectivity index (χ0) is 8.81. The summed E-state index contributed by atoms with van der Waals surface area (Å²) >= 11 is 11.3. The molecule has 1 rings (SSSR count). The van der Waals surface area contributed by atoms with E-state index < -0.39 is 0 Å². The number of rotatable bonds is 4. The Kier molecular flexibility index (Phi) is 7.62. The molecule has 0 radical (unpaired) electrons. The summed E-state index contributed by atoms with van der Waals surface area (Å²) in [6, 6.07) is 0. The van der Waals surface area contributed by atoms with Crippen LogP contribution in [0.2, 0.25) is 0 Å². The Morgan fingerprint density at radius 2 is 1.92 bits per heavy atom. The summed E-state index contributed by atoms with van der Waals surface area (Å²) in [5.41, 5.74) is 0. The zero-order valence-corrected chi connectivity index (χ0v) is 9.63. The van der Waals surface area contributed by atoms with E-state index in [1.165, 1.54) is 0 Å². The molecule has 1 aliphatic heterocycles. The number of nitrogens with zero attached hydrogens (tertiary/aromatic N) is 2. The molecule has 0 amide bonds. The maximum absolute atomic E-state index is 5.64. The van der Waals surface area contributed by atoms with Gasteiger partial charge in [-0.15, -0.1) is 35.6 Å². The highest BCUT2D eigenvalue weighted by Crippen LogP contribution is 1.96. The minimum absolute atomic E-state index is 0. The first-order valence-corrected chi connectivity index (χ1v) is 5.10. The van der Waals surface area contributed by atoms with Gasteiger partial charge in [-0.3, -0.25) is 4.99 Å². The lowest BCUT2D eigenvalue weighted by atomic mass is 10.5. The van der Waals surface area contributed by atoms with Gasteiger partial charge in [0.25, 0.3) is 0 Å². The SMILES string of the molecule is Cl.ClCCN(CCCl)C1=NCCN1. The van der Waals surface area contributed by atoms with Crippen molar-refractivity contribution in [2.45, 2.75) is 0 Å². The van der Waals surface area contributed by atoms with Gasteiger partial charge < -0.3 is 10.2 Å². The van der Waals surface area contributed by atoms with Crippen LogP contribution in [0.15, 0.2) is 4.99 Å². The van der Waals surface area contributed by atoms with E-state index in [0.717, 1.165) is 32.1 Å². The highest BCUT2D eigenvalue weighted by Gasteiger charge is 2.12. The van der Waals surface area contributed by atoms with Gasteiger partial charge in [0.05, 0.1) is 6.54 Å². The molecule has 0 aromatic rings. The van der Waals surface area contributed by atoms with Crippen molar-refractivity contribution >= 4 is 41.6 Å². The standard InChI is InChI=1S/C7H13Cl2N3.ClH/c8-1-5-12(6-2-9)7-10-3-4-11-7;/h1-6H2,(H,10,11);1H. The minimum atomic E-state index is 0. The molecule has 13 heavy (non-hydrogen) atoms. The summed E-state index contributed by atoms with van der Waals surface area (Å²) in [5.74, 6) is 2.16. The molecule has 0 spiro atoms. The molecular weight excluding hydrogens is 232 g/mol. The summed E-state index contributed by atoms with van der Waals surface area (Å²) < 4.78 is 0. The molecule has 0 saturated carbocycles. The second kappa shape index (κ2) is 7.54. The Labute approximate surface area is 94.9 Å². The molecule has 0 bridgehead atoms. The topological polar surface area (TPSA) is 27.6 Å². The van der Waals surface area contributed by atoms with Crippen molar-refractivity contribution in [3.05, 3.63) is 0 Å². The molecule has 0 aliphatic carbocycles. The third kappa shape index (κ3) is 4.25. The Hall–Kier alpha value is 0.140. The number of aliphatic imine (C=N–C) groups is 1. The Morgan fingerprint density at radius 3 is 2.31 bits per heavy atom. The van der Waals surface area contributed by atoms with Crippen molar-refractivity contribution in [1.29, 1.82) is 0 Å². The molecule has 1 heterocycles. The summed E-state index contributed by atoms with van der Waals surface area (Å²) in [6.07, 6.45) is 0. The zero-order valence-electron chi connectivity index (χ0n) is 7.30. The van der Waals surface area contributed by atoms with Crippen molar-refractivity contribution in [3.8, 4) is 0 Å². The summed E-state index contributed by atoms with van der Waals surface area (Å²) in [4.78, 5) is 6.36. The van der Waals surface area contributed by atoms with E-state index in [2.05, 4.69) is 15.2 Å². The number of guanidine groups is 1. The van der Waals surface area contributed by atoms with Gasteiger partial charge in [0.15, 0.2) is 5.96 Å². The largest absolute Gasteiger partial charge is 0.354 e.